The number of ether oxygens (including phenoxy) is 2. The Morgan fingerprint density at radius 1 is 0.812 bits per heavy atom. The van der Waals surface area contributed by atoms with Gasteiger partial charge in [0, 0.05) is 60.7 Å². The highest BCUT2D eigenvalue weighted by Gasteiger charge is 2.31. The molecule has 1 atom stereocenters. The van der Waals surface area contributed by atoms with Gasteiger partial charge in [-0.15, -0.1) is 0 Å². The first-order valence-electron chi connectivity index (χ1n) is 17.6. The quantitative estimate of drug-likeness (QED) is 0.268. The Kier molecular flexibility index (Phi) is 10.8. The van der Waals surface area contributed by atoms with Gasteiger partial charge >= 0.3 is 12.2 Å². The number of carbonyl (C=O) groups is 3. The molecule has 3 aromatic rings. The molecular weight excluding hydrogens is 604 g/mol. The topological polar surface area (TPSA) is 102 Å². The maximum absolute atomic E-state index is 13.8. The van der Waals surface area contributed by atoms with Gasteiger partial charge in [0.05, 0.1) is 0 Å². The van der Waals surface area contributed by atoms with Gasteiger partial charge in [0.1, 0.15) is 11.2 Å². The summed E-state index contributed by atoms with van der Waals surface area (Å²) >= 11 is 0. The normalized spacial score (nSPS) is 19.9. The molecule has 260 valence electrons. The van der Waals surface area contributed by atoms with Crippen molar-refractivity contribution in [2.75, 3.05) is 13.1 Å². The number of nitrogens with one attached hydrogen (secondary N) is 2. The predicted octanol–water partition coefficient (Wildman–Crippen LogP) is 8.00. The number of para-hydroxylation sites is 1. The van der Waals surface area contributed by atoms with Crippen LogP contribution in [0.2, 0.25) is 0 Å². The third kappa shape index (κ3) is 9.32. The number of piperidine rings is 1. The molecule has 2 fully saturated rings. The second-order valence-corrected chi connectivity index (χ2v) is 15.6. The van der Waals surface area contributed by atoms with Crippen molar-refractivity contribution in [2.24, 2.45) is 0 Å². The number of alkyl carbamates (subject to hydrolysis) is 1. The number of nitrogens with zero attached hydrogens (tertiary/aromatic N) is 2. The standard InChI is InChI=1S/C39H54N4O5/c1-26-11-10-12-27(23-26)32(24-35(44)40-28-15-17-29(18-16-28)41-36(45)47-38(2,3)4)33-25-43(34-14-9-8-13-31(33)34)30-19-21-42(22-20-30)37(46)48-39(5,6)7/h8-14,23,25,28-30,32H,15-22,24H2,1-7H3,(H,40,44)(H,41,45). The summed E-state index contributed by atoms with van der Waals surface area (Å²) < 4.78 is 13.4. The lowest BCUT2D eigenvalue weighted by Crippen LogP contribution is -2.45. The molecule has 1 saturated heterocycles. The van der Waals surface area contributed by atoms with E-state index in [0.717, 1.165) is 66.1 Å². The predicted molar refractivity (Wildman–Crippen MR) is 189 cm³/mol. The highest BCUT2D eigenvalue weighted by atomic mass is 16.6. The van der Waals surface area contributed by atoms with Crippen molar-refractivity contribution >= 4 is 29.0 Å². The first-order chi connectivity index (χ1) is 22.6. The van der Waals surface area contributed by atoms with Crippen LogP contribution in [0.25, 0.3) is 10.9 Å². The van der Waals surface area contributed by atoms with Crippen molar-refractivity contribution in [3.05, 3.63) is 71.4 Å². The second-order valence-electron chi connectivity index (χ2n) is 15.6. The zero-order chi connectivity index (χ0) is 34.6. The number of likely N-dealkylation sites (tertiary alicyclic amines) is 1. The average Bonchev–Trinajstić information content (AvgIpc) is 3.38. The molecule has 1 unspecified atom stereocenters. The Balaban J connectivity index is 1.30. The number of aromatic nitrogens is 1. The van der Waals surface area contributed by atoms with E-state index in [-0.39, 0.29) is 42.1 Å². The first kappa shape index (κ1) is 35.3. The monoisotopic (exact) mass is 658 g/mol. The van der Waals surface area contributed by atoms with Gasteiger partial charge in [0.25, 0.3) is 0 Å². The summed E-state index contributed by atoms with van der Waals surface area (Å²) in [6, 6.07) is 17.3. The minimum atomic E-state index is -0.533. The zero-order valence-electron chi connectivity index (χ0n) is 29.8. The van der Waals surface area contributed by atoms with E-state index in [9.17, 15) is 14.4 Å². The minimum absolute atomic E-state index is 0.0348. The van der Waals surface area contributed by atoms with E-state index in [1.807, 2.05) is 46.4 Å². The van der Waals surface area contributed by atoms with Crippen LogP contribution in [-0.4, -0.2) is 63.9 Å². The van der Waals surface area contributed by atoms with Gasteiger partial charge in [-0.3, -0.25) is 4.79 Å². The molecule has 3 amide bonds. The van der Waals surface area contributed by atoms with E-state index in [4.69, 9.17) is 9.47 Å². The van der Waals surface area contributed by atoms with E-state index in [0.29, 0.717) is 19.5 Å². The Hall–Kier alpha value is -4.01. The number of fused-ring (bicyclic) bond motifs is 1. The van der Waals surface area contributed by atoms with Gasteiger partial charge in [-0.05, 0) is 104 Å². The van der Waals surface area contributed by atoms with E-state index in [1.165, 1.54) is 0 Å². The van der Waals surface area contributed by atoms with Gasteiger partial charge < -0.3 is 29.6 Å². The van der Waals surface area contributed by atoms with Crippen molar-refractivity contribution < 1.29 is 23.9 Å². The lowest BCUT2D eigenvalue weighted by Gasteiger charge is -2.34. The Morgan fingerprint density at radius 2 is 1.44 bits per heavy atom. The number of benzene rings is 2. The number of hydrogen-bond donors (Lipinski definition) is 2. The highest BCUT2D eigenvalue weighted by Crippen LogP contribution is 2.38. The van der Waals surface area contributed by atoms with Gasteiger partial charge in [-0.1, -0.05) is 48.0 Å². The number of aryl methyl sites for hydroxylation is 1. The van der Waals surface area contributed by atoms with Crippen molar-refractivity contribution in [1.29, 1.82) is 0 Å². The van der Waals surface area contributed by atoms with Crippen molar-refractivity contribution in [2.45, 2.75) is 129 Å². The fourth-order valence-corrected chi connectivity index (χ4v) is 7.09. The second kappa shape index (κ2) is 14.6. The van der Waals surface area contributed by atoms with Gasteiger partial charge in [-0.2, -0.15) is 0 Å². The Labute approximate surface area is 285 Å². The molecule has 1 saturated carbocycles. The van der Waals surface area contributed by atoms with E-state index < -0.39 is 11.2 Å². The van der Waals surface area contributed by atoms with Gasteiger partial charge in [0.15, 0.2) is 0 Å². The Bertz CT molecular complexity index is 1580. The molecule has 2 aliphatic rings. The maximum Gasteiger partial charge on any atom is 0.410 e. The number of rotatable bonds is 7. The van der Waals surface area contributed by atoms with Gasteiger partial charge in [0.2, 0.25) is 5.91 Å². The molecular formula is C39H54N4O5. The fourth-order valence-electron chi connectivity index (χ4n) is 7.09. The number of carbonyl (C=O) groups excluding carboxylic acids is 3. The molecule has 9 nitrogen and oxygen atoms in total. The van der Waals surface area contributed by atoms with Gasteiger partial charge in [-0.25, -0.2) is 9.59 Å². The molecule has 0 radical (unpaired) electrons. The third-order valence-corrected chi connectivity index (χ3v) is 9.30. The maximum atomic E-state index is 13.8. The molecule has 2 heterocycles. The summed E-state index contributed by atoms with van der Waals surface area (Å²) in [5.41, 5.74) is 3.53. The number of hydrogen-bond acceptors (Lipinski definition) is 5. The summed E-state index contributed by atoms with van der Waals surface area (Å²) in [4.78, 5) is 40.6. The van der Waals surface area contributed by atoms with Crippen LogP contribution in [0, 0.1) is 6.92 Å². The average molecular weight is 659 g/mol. The summed E-state index contributed by atoms with van der Waals surface area (Å²) in [5, 5.41) is 7.47. The molecule has 1 aromatic heterocycles. The third-order valence-electron chi connectivity index (χ3n) is 9.30. The van der Waals surface area contributed by atoms with Crippen molar-refractivity contribution in [1.82, 2.24) is 20.1 Å². The van der Waals surface area contributed by atoms with E-state index in [1.54, 1.807) is 0 Å². The van der Waals surface area contributed by atoms with E-state index >= 15 is 0 Å². The molecule has 2 aromatic carbocycles. The Morgan fingerprint density at radius 3 is 2.06 bits per heavy atom. The first-order valence-corrected chi connectivity index (χ1v) is 17.6. The molecule has 1 aliphatic carbocycles. The fraction of sp³-hybridized carbons (Fsp3) is 0.564. The zero-order valence-corrected chi connectivity index (χ0v) is 29.8. The largest absolute Gasteiger partial charge is 0.444 e. The van der Waals surface area contributed by atoms with Crippen LogP contribution >= 0.6 is 0 Å². The molecule has 0 spiro atoms. The van der Waals surface area contributed by atoms with Crippen LogP contribution in [0.1, 0.15) is 115 Å². The van der Waals surface area contributed by atoms with Crippen LogP contribution < -0.4 is 10.6 Å². The SMILES string of the molecule is Cc1cccc(C(CC(=O)NC2CCC(NC(=O)OC(C)(C)C)CC2)c2cn(C3CCN(C(=O)OC(C)(C)C)CC3)c3ccccc23)c1. The van der Waals surface area contributed by atoms with Crippen LogP contribution in [0.4, 0.5) is 9.59 Å². The molecule has 9 heteroatoms. The van der Waals surface area contributed by atoms with Crippen molar-refractivity contribution in [3.63, 3.8) is 0 Å². The summed E-state index contributed by atoms with van der Waals surface area (Å²) in [5.74, 6) is -0.0874. The van der Waals surface area contributed by atoms with Crippen LogP contribution in [0.15, 0.2) is 54.7 Å². The molecule has 0 bridgehead atoms. The smallest absolute Gasteiger partial charge is 0.410 e. The highest BCUT2D eigenvalue weighted by molar-refractivity contribution is 5.87. The molecule has 5 rings (SSSR count). The summed E-state index contributed by atoms with van der Waals surface area (Å²) in [7, 11) is 0. The molecule has 48 heavy (non-hydrogen) atoms. The molecule has 2 N–H and O–H groups in total. The lowest BCUT2D eigenvalue weighted by atomic mass is 9.86. The summed E-state index contributed by atoms with van der Waals surface area (Å²) in [6.07, 6.45) is 6.83. The minimum Gasteiger partial charge on any atom is -0.444 e. The van der Waals surface area contributed by atoms with Crippen LogP contribution in [-0.2, 0) is 14.3 Å². The van der Waals surface area contributed by atoms with Crippen molar-refractivity contribution in [3.8, 4) is 0 Å². The van der Waals surface area contributed by atoms with Crippen LogP contribution in [0.3, 0.4) is 0 Å². The number of amides is 3. The lowest BCUT2D eigenvalue weighted by molar-refractivity contribution is -0.122. The van der Waals surface area contributed by atoms with Crippen LogP contribution in [0.5, 0.6) is 0 Å². The van der Waals surface area contributed by atoms with E-state index in [2.05, 4.69) is 76.9 Å². The molecule has 1 aliphatic heterocycles. The summed E-state index contributed by atoms with van der Waals surface area (Å²) in [6.45, 7) is 14.6.